The van der Waals surface area contributed by atoms with Gasteiger partial charge in [0.25, 0.3) is 5.91 Å². The number of nitriles is 1. The Morgan fingerprint density at radius 2 is 1.89 bits per heavy atom. The number of pyridine rings is 1. The highest BCUT2D eigenvalue weighted by Gasteiger charge is 2.34. The number of carbonyl (C=O) groups is 1. The summed E-state index contributed by atoms with van der Waals surface area (Å²) in [7, 11) is 0. The standard InChI is InChI=1S/C17H13Cl4N5O/c18-12-5-3-11(4-6-12)15(27)26-16(17(19,20)21)25-14(7-8-22)24-13-2-1-9-23-10-13/h1-7,9-10,16,24-25H,(H,26,27)/b14-7+. The van der Waals surface area contributed by atoms with Gasteiger partial charge in [-0.25, -0.2) is 0 Å². The Kier molecular flexibility index (Phi) is 7.57. The van der Waals surface area contributed by atoms with Crippen LogP contribution in [0.1, 0.15) is 10.4 Å². The molecule has 140 valence electrons. The number of benzene rings is 1. The van der Waals surface area contributed by atoms with Gasteiger partial charge in [0.15, 0.2) is 0 Å². The number of nitrogens with zero attached hydrogens (tertiary/aromatic N) is 2. The second-order valence-corrected chi connectivity index (χ2v) is 7.96. The molecule has 0 saturated heterocycles. The van der Waals surface area contributed by atoms with Crippen LogP contribution in [0.5, 0.6) is 0 Å². The third kappa shape index (κ3) is 6.81. The summed E-state index contributed by atoms with van der Waals surface area (Å²) in [6, 6.07) is 11.5. The summed E-state index contributed by atoms with van der Waals surface area (Å²) in [5.74, 6) is -0.286. The highest BCUT2D eigenvalue weighted by Crippen LogP contribution is 2.30. The molecule has 0 aliphatic carbocycles. The number of alkyl halides is 3. The molecule has 1 amide bonds. The molecule has 1 aromatic heterocycles. The smallest absolute Gasteiger partial charge is 0.252 e. The Morgan fingerprint density at radius 1 is 1.19 bits per heavy atom. The van der Waals surface area contributed by atoms with Gasteiger partial charge in [0.1, 0.15) is 12.0 Å². The van der Waals surface area contributed by atoms with E-state index in [0.29, 0.717) is 16.3 Å². The summed E-state index contributed by atoms with van der Waals surface area (Å²) >= 11 is 23.8. The van der Waals surface area contributed by atoms with E-state index in [2.05, 4.69) is 20.9 Å². The van der Waals surface area contributed by atoms with Crippen LogP contribution < -0.4 is 16.0 Å². The zero-order valence-electron chi connectivity index (χ0n) is 13.6. The van der Waals surface area contributed by atoms with Crippen molar-refractivity contribution in [2.45, 2.75) is 9.96 Å². The first-order chi connectivity index (χ1) is 12.8. The van der Waals surface area contributed by atoms with Crippen LogP contribution in [0.25, 0.3) is 0 Å². The van der Waals surface area contributed by atoms with Crippen molar-refractivity contribution in [1.29, 1.82) is 5.26 Å². The number of nitrogens with one attached hydrogen (secondary N) is 3. The average Bonchev–Trinajstić information content (AvgIpc) is 2.62. The summed E-state index contributed by atoms with van der Waals surface area (Å²) in [5, 5.41) is 17.8. The fraction of sp³-hybridized carbons (Fsp3) is 0.118. The minimum absolute atomic E-state index is 0.207. The number of aromatic nitrogens is 1. The van der Waals surface area contributed by atoms with Crippen molar-refractivity contribution < 1.29 is 4.79 Å². The first-order valence-corrected chi connectivity index (χ1v) is 8.97. The van der Waals surface area contributed by atoms with Crippen molar-refractivity contribution in [3.8, 4) is 6.07 Å². The van der Waals surface area contributed by atoms with E-state index in [4.69, 9.17) is 51.7 Å². The molecule has 0 saturated carbocycles. The van der Waals surface area contributed by atoms with E-state index in [1.54, 1.807) is 36.7 Å². The van der Waals surface area contributed by atoms with Crippen LogP contribution in [0, 0.1) is 11.3 Å². The van der Waals surface area contributed by atoms with Crippen molar-refractivity contribution in [3.63, 3.8) is 0 Å². The van der Waals surface area contributed by atoms with Gasteiger partial charge in [-0.2, -0.15) is 5.26 Å². The molecule has 2 aromatic rings. The molecule has 1 heterocycles. The van der Waals surface area contributed by atoms with E-state index in [-0.39, 0.29) is 5.82 Å². The third-order valence-electron chi connectivity index (χ3n) is 3.16. The maximum atomic E-state index is 12.4. The quantitative estimate of drug-likeness (QED) is 0.352. The fourth-order valence-electron chi connectivity index (χ4n) is 1.94. The first kappa shape index (κ1) is 21.1. The summed E-state index contributed by atoms with van der Waals surface area (Å²) < 4.78 is -1.91. The molecule has 0 radical (unpaired) electrons. The normalized spacial score (nSPS) is 12.6. The number of amides is 1. The van der Waals surface area contributed by atoms with E-state index in [1.807, 2.05) is 6.07 Å². The van der Waals surface area contributed by atoms with E-state index < -0.39 is 15.9 Å². The largest absolute Gasteiger partial charge is 0.347 e. The van der Waals surface area contributed by atoms with Gasteiger partial charge in [0.2, 0.25) is 3.79 Å². The number of hydrogen-bond donors (Lipinski definition) is 3. The van der Waals surface area contributed by atoms with Crippen LogP contribution in [0.3, 0.4) is 0 Å². The third-order valence-corrected chi connectivity index (χ3v) is 4.07. The molecule has 6 nitrogen and oxygen atoms in total. The molecule has 0 aliphatic heterocycles. The maximum Gasteiger partial charge on any atom is 0.252 e. The zero-order valence-corrected chi connectivity index (χ0v) is 16.6. The number of allylic oxidation sites excluding steroid dienone is 1. The summed E-state index contributed by atoms with van der Waals surface area (Å²) in [4.78, 5) is 16.4. The molecule has 2 rings (SSSR count). The number of anilines is 1. The Hall–Kier alpha value is -2.17. The predicted molar refractivity (Wildman–Crippen MR) is 108 cm³/mol. The van der Waals surface area contributed by atoms with E-state index in [0.717, 1.165) is 0 Å². The van der Waals surface area contributed by atoms with Crippen LogP contribution >= 0.6 is 46.4 Å². The lowest BCUT2D eigenvalue weighted by atomic mass is 10.2. The van der Waals surface area contributed by atoms with Gasteiger partial charge >= 0.3 is 0 Å². The van der Waals surface area contributed by atoms with Gasteiger partial charge in [0.05, 0.1) is 24.0 Å². The lowest BCUT2D eigenvalue weighted by Crippen LogP contribution is -2.53. The fourth-order valence-corrected chi connectivity index (χ4v) is 2.39. The minimum atomic E-state index is -1.91. The molecule has 3 N–H and O–H groups in total. The molecule has 0 aliphatic rings. The Bertz CT molecular complexity index is 844. The van der Waals surface area contributed by atoms with Crippen LogP contribution in [-0.4, -0.2) is 20.8 Å². The second-order valence-electron chi connectivity index (χ2n) is 5.15. The van der Waals surface area contributed by atoms with Crippen LogP contribution in [0.15, 0.2) is 60.7 Å². The number of hydrogen-bond acceptors (Lipinski definition) is 5. The highest BCUT2D eigenvalue weighted by molar-refractivity contribution is 6.68. The average molecular weight is 445 g/mol. The Balaban J connectivity index is 2.17. The van der Waals surface area contributed by atoms with Crippen molar-refractivity contribution >= 4 is 58.0 Å². The summed E-state index contributed by atoms with van der Waals surface area (Å²) in [6.45, 7) is 0. The molecular weight excluding hydrogens is 432 g/mol. The molecular formula is C17H13Cl4N5O. The number of carbonyl (C=O) groups excluding carboxylic acids is 1. The topological polar surface area (TPSA) is 89.8 Å². The van der Waals surface area contributed by atoms with Gasteiger partial charge in [0, 0.05) is 16.8 Å². The zero-order chi connectivity index (χ0) is 19.9. The summed E-state index contributed by atoms with van der Waals surface area (Å²) in [5.41, 5.74) is 0.921. The maximum absolute atomic E-state index is 12.4. The molecule has 1 atom stereocenters. The minimum Gasteiger partial charge on any atom is -0.347 e. The van der Waals surface area contributed by atoms with Crippen molar-refractivity contribution in [2.75, 3.05) is 5.32 Å². The summed E-state index contributed by atoms with van der Waals surface area (Å²) in [6.07, 6.45) is 3.17. The molecule has 27 heavy (non-hydrogen) atoms. The van der Waals surface area contributed by atoms with E-state index in [1.165, 1.54) is 18.2 Å². The Morgan fingerprint density at radius 3 is 2.44 bits per heavy atom. The van der Waals surface area contributed by atoms with Crippen molar-refractivity contribution in [1.82, 2.24) is 15.6 Å². The SMILES string of the molecule is N#C/C=C(\Nc1cccnc1)NC(NC(=O)c1ccc(Cl)cc1)C(Cl)(Cl)Cl. The molecule has 1 aromatic carbocycles. The second kappa shape index (κ2) is 9.67. The van der Waals surface area contributed by atoms with Crippen LogP contribution in [-0.2, 0) is 0 Å². The van der Waals surface area contributed by atoms with E-state index >= 15 is 0 Å². The van der Waals surface area contributed by atoms with Crippen LogP contribution in [0.2, 0.25) is 5.02 Å². The van der Waals surface area contributed by atoms with E-state index in [9.17, 15) is 4.79 Å². The predicted octanol–water partition coefficient (Wildman–Crippen LogP) is 4.23. The molecule has 0 fully saturated rings. The molecule has 0 bridgehead atoms. The van der Waals surface area contributed by atoms with Gasteiger partial charge in [-0.3, -0.25) is 9.78 Å². The lowest BCUT2D eigenvalue weighted by molar-refractivity contribution is 0.0932. The van der Waals surface area contributed by atoms with Gasteiger partial charge in [-0.05, 0) is 36.4 Å². The van der Waals surface area contributed by atoms with Gasteiger partial charge in [-0.1, -0.05) is 46.4 Å². The Labute approximate surface area is 176 Å². The lowest BCUT2D eigenvalue weighted by Gasteiger charge is -2.28. The first-order valence-electron chi connectivity index (χ1n) is 7.46. The molecule has 1 unspecified atom stereocenters. The van der Waals surface area contributed by atoms with Crippen molar-refractivity contribution in [2.24, 2.45) is 0 Å². The van der Waals surface area contributed by atoms with Crippen molar-refractivity contribution in [3.05, 3.63) is 71.3 Å². The molecule has 0 spiro atoms. The number of halogens is 4. The van der Waals surface area contributed by atoms with Crippen LogP contribution in [0.4, 0.5) is 5.69 Å². The molecule has 10 heteroatoms. The van der Waals surface area contributed by atoms with Gasteiger partial charge in [-0.15, -0.1) is 0 Å². The highest BCUT2D eigenvalue weighted by atomic mass is 35.6. The number of rotatable bonds is 6. The monoisotopic (exact) mass is 443 g/mol. The van der Waals surface area contributed by atoms with Gasteiger partial charge < -0.3 is 16.0 Å².